The monoisotopic (exact) mass is 303 g/mol. The van der Waals surface area contributed by atoms with Gasteiger partial charge in [0.1, 0.15) is 11.8 Å². The Morgan fingerprint density at radius 2 is 2.14 bits per heavy atom. The van der Waals surface area contributed by atoms with Gasteiger partial charge in [-0.3, -0.25) is 9.69 Å². The average molecular weight is 303 g/mol. The van der Waals surface area contributed by atoms with Gasteiger partial charge in [0.25, 0.3) is 0 Å². The standard InChI is InChI=1S/C17H21NO4/c1-22-13-6-7-14-12(9-13)10-16(19)18(14)15(17(20)21)8-11-4-2-3-5-11/h6-7,9,11,15H,2-5,8,10H2,1H3,(H,20,21). The molecule has 5 nitrogen and oxygen atoms in total. The fourth-order valence-electron chi connectivity index (χ4n) is 3.67. The van der Waals surface area contributed by atoms with Gasteiger partial charge in [0, 0.05) is 5.69 Å². The minimum absolute atomic E-state index is 0.131. The van der Waals surface area contributed by atoms with Gasteiger partial charge in [-0.15, -0.1) is 0 Å². The van der Waals surface area contributed by atoms with E-state index in [0.717, 1.165) is 24.1 Å². The number of benzene rings is 1. The number of carbonyl (C=O) groups is 2. The predicted molar refractivity (Wildman–Crippen MR) is 82.2 cm³/mol. The van der Waals surface area contributed by atoms with Gasteiger partial charge in [0.2, 0.25) is 5.91 Å². The zero-order valence-electron chi connectivity index (χ0n) is 12.7. The molecule has 2 aliphatic rings. The van der Waals surface area contributed by atoms with E-state index in [1.807, 2.05) is 6.07 Å². The number of carbonyl (C=O) groups excluding carboxylic acids is 1. The summed E-state index contributed by atoms with van der Waals surface area (Å²) in [6.07, 6.45) is 5.27. The Labute approximate surface area is 129 Å². The van der Waals surface area contributed by atoms with E-state index in [0.29, 0.717) is 18.1 Å². The van der Waals surface area contributed by atoms with Crippen molar-refractivity contribution in [1.82, 2.24) is 0 Å². The number of hydrogen-bond acceptors (Lipinski definition) is 3. The molecule has 1 fully saturated rings. The molecule has 3 rings (SSSR count). The Balaban J connectivity index is 1.88. The van der Waals surface area contributed by atoms with Crippen LogP contribution in [0.25, 0.3) is 0 Å². The third-order valence-electron chi connectivity index (χ3n) is 4.78. The summed E-state index contributed by atoms with van der Waals surface area (Å²) in [5.41, 5.74) is 1.57. The largest absolute Gasteiger partial charge is 0.497 e. The molecule has 22 heavy (non-hydrogen) atoms. The van der Waals surface area contributed by atoms with Crippen LogP contribution in [-0.4, -0.2) is 30.1 Å². The highest BCUT2D eigenvalue weighted by Crippen LogP contribution is 2.37. The summed E-state index contributed by atoms with van der Waals surface area (Å²) in [4.78, 5) is 25.6. The molecular formula is C17H21NO4. The van der Waals surface area contributed by atoms with Gasteiger partial charge in [-0.25, -0.2) is 4.79 Å². The van der Waals surface area contributed by atoms with Crippen LogP contribution in [0.2, 0.25) is 0 Å². The number of ether oxygens (including phenoxy) is 1. The number of rotatable bonds is 5. The van der Waals surface area contributed by atoms with Crippen molar-refractivity contribution in [3.63, 3.8) is 0 Å². The van der Waals surface area contributed by atoms with Crippen LogP contribution in [0.4, 0.5) is 5.69 Å². The molecule has 1 heterocycles. The van der Waals surface area contributed by atoms with Gasteiger partial charge in [-0.2, -0.15) is 0 Å². The Hall–Kier alpha value is -2.04. The number of methoxy groups -OCH3 is 1. The second-order valence-electron chi connectivity index (χ2n) is 6.18. The summed E-state index contributed by atoms with van der Waals surface area (Å²) in [6, 6.07) is 4.63. The third-order valence-corrected chi connectivity index (χ3v) is 4.78. The smallest absolute Gasteiger partial charge is 0.326 e. The Bertz CT molecular complexity index is 592. The van der Waals surface area contributed by atoms with Crippen LogP contribution >= 0.6 is 0 Å². The highest BCUT2D eigenvalue weighted by Gasteiger charge is 2.38. The maximum atomic E-state index is 12.4. The average Bonchev–Trinajstić information content (AvgIpc) is 3.10. The van der Waals surface area contributed by atoms with Gasteiger partial charge in [-0.1, -0.05) is 25.7 Å². The molecule has 0 radical (unpaired) electrons. The molecule has 0 aromatic heterocycles. The summed E-state index contributed by atoms with van der Waals surface area (Å²) >= 11 is 0. The van der Waals surface area contributed by atoms with Gasteiger partial charge in [0.05, 0.1) is 13.5 Å². The lowest BCUT2D eigenvalue weighted by Crippen LogP contribution is -2.44. The lowest BCUT2D eigenvalue weighted by molar-refractivity contribution is -0.140. The fourth-order valence-corrected chi connectivity index (χ4v) is 3.67. The van der Waals surface area contributed by atoms with Crippen LogP contribution in [0.5, 0.6) is 5.75 Å². The van der Waals surface area contributed by atoms with Crippen molar-refractivity contribution in [1.29, 1.82) is 0 Å². The van der Waals surface area contributed by atoms with Crippen LogP contribution < -0.4 is 9.64 Å². The van der Waals surface area contributed by atoms with Crippen LogP contribution in [0.3, 0.4) is 0 Å². The molecule has 1 aromatic carbocycles. The number of fused-ring (bicyclic) bond motifs is 1. The first-order valence-electron chi connectivity index (χ1n) is 7.82. The van der Waals surface area contributed by atoms with Crippen molar-refractivity contribution >= 4 is 17.6 Å². The van der Waals surface area contributed by atoms with Crippen LogP contribution in [0, 0.1) is 5.92 Å². The molecule has 1 saturated carbocycles. The molecular weight excluding hydrogens is 282 g/mol. The lowest BCUT2D eigenvalue weighted by atomic mass is 9.97. The third kappa shape index (κ3) is 2.67. The van der Waals surface area contributed by atoms with Crippen LogP contribution in [0.15, 0.2) is 18.2 Å². The van der Waals surface area contributed by atoms with E-state index in [2.05, 4.69) is 0 Å². The van der Waals surface area contributed by atoms with E-state index in [9.17, 15) is 14.7 Å². The van der Waals surface area contributed by atoms with E-state index in [-0.39, 0.29) is 12.3 Å². The number of carboxylic acid groups (broad SMARTS) is 1. The molecule has 1 atom stereocenters. The van der Waals surface area contributed by atoms with Crippen molar-refractivity contribution in [3.8, 4) is 5.75 Å². The minimum Gasteiger partial charge on any atom is -0.497 e. The number of anilines is 1. The Morgan fingerprint density at radius 3 is 2.77 bits per heavy atom. The Kier molecular flexibility index (Phi) is 4.05. The summed E-state index contributed by atoms with van der Waals surface area (Å²) in [5, 5.41) is 9.62. The molecule has 0 spiro atoms. The normalized spacial score (nSPS) is 19.3. The lowest BCUT2D eigenvalue weighted by Gasteiger charge is -2.27. The van der Waals surface area contributed by atoms with Crippen molar-refractivity contribution < 1.29 is 19.4 Å². The van der Waals surface area contributed by atoms with Gasteiger partial charge in [0.15, 0.2) is 0 Å². The van der Waals surface area contributed by atoms with Gasteiger partial charge in [-0.05, 0) is 36.1 Å². The zero-order chi connectivity index (χ0) is 15.7. The summed E-state index contributed by atoms with van der Waals surface area (Å²) in [7, 11) is 1.58. The highest BCUT2D eigenvalue weighted by atomic mass is 16.5. The van der Waals surface area contributed by atoms with Crippen LogP contribution in [-0.2, 0) is 16.0 Å². The van der Waals surface area contributed by atoms with E-state index < -0.39 is 12.0 Å². The first-order valence-corrected chi connectivity index (χ1v) is 7.82. The number of aliphatic carboxylic acids is 1. The van der Waals surface area contributed by atoms with Gasteiger partial charge >= 0.3 is 5.97 Å². The zero-order valence-corrected chi connectivity index (χ0v) is 12.7. The second-order valence-corrected chi connectivity index (χ2v) is 6.18. The van der Waals surface area contributed by atoms with Crippen molar-refractivity contribution in [3.05, 3.63) is 23.8 Å². The molecule has 1 unspecified atom stereocenters. The molecule has 0 saturated heterocycles. The predicted octanol–water partition coefficient (Wildman–Crippen LogP) is 2.62. The maximum Gasteiger partial charge on any atom is 0.326 e. The second kappa shape index (κ2) is 5.99. The van der Waals surface area contributed by atoms with Crippen molar-refractivity contribution in [2.45, 2.75) is 44.6 Å². The number of carboxylic acids is 1. The van der Waals surface area contributed by atoms with Crippen LogP contribution in [0.1, 0.15) is 37.7 Å². The molecule has 1 N–H and O–H groups in total. The minimum atomic E-state index is -0.913. The molecule has 118 valence electrons. The summed E-state index contributed by atoms with van der Waals surface area (Å²) < 4.78 is 5.18. The molecule has 1 aromatic rings. The first-order chi connectivity index (χ1) is 10.6. The number of hydrogen-bond donors (Lipinski definition) is 1. The maximum absolute atomic E-state index is 12.4. The summed E-state index contributed by atoms with van der Waals surface area (Å²) in [6.45, 7) is 0. The Morgan fingerprint density at radius 1 is 1.41 bits per heavy atom. The number of amides is 1. The van der Waals surface area contributed by atoms with Crippen molar-refractivity contribution in [2.75, 3.05) is 12.0 Å². The van der Waals surface area contributed by atoms with E-state index in [1.54, 1.807) is 19.2 Å². The topological polar surface area (TPSA) is 66.8 Å². The molecule has 5 heteroatoms. The quantitative estimate of drug-likeness (QED) is 0.908. The molecule has 1 amide bonds. The molecule has 1 aliphatic carbocycles. The molecule has 1 aliphatic heterocycles. The highest BCUT2D eigenvalue weighted by molar-refractivity contribution is 6.05. The summed E-state index contributed by atoms with van der Waals surface area (Å²) in [5.74, 6) is 0.0600. The van der Waals surface area contributed by atoms with E-state index in [1.165, 1.54) is 17.7 Å². The SMILES string of the molecule is COc1ccc2c(c1)CC(=O)N2C(CC1CCCC1)C(=O)O. The van der Waals surface area contributed by atoms with Gasteiger partial charge < -0.3 is 9.84 Å². The number of nitrogens with zero attached hydrogens (tertiary/aromatic N) is 1. The van der Waals surface area contributed by atoms with E-state index in [4.69, 9.17) is 4.74 Å². The first kappa shape index (κ1) is 14.9. The molecule has 0 bridgehead atoms. The van der Waals surface area contributed by atoms with E-state index >= 15 is 0 Å². The fraction of sp³-hybridized carbons (Fsp3) is 0.529. The van der Waals surface area contributed by atoms with Crippen molar-refractivity contribution in [2.24, 2.45) is 5.92 Å².